The van der Waals surface area contributed by atoms with Crippen LogP contribution >= 0.6 is 0 Å². The second kappa shape index (κ2) is 21.3. The third-order valence-corrected chi connectivity index (χ3v) is 5.22. The van der Waals surface area contributed by atoms with Gasteiger partial charge in [0, 0.05) is 25.9 Å². The number of carbonyl (C=O) groups is 4. The molecule has 0 aliphatic heterocycles. The molecule has 0 rings (SSSR count). The van der Waals surface area contributed by atoms with E-state index in [1.807, 2.05) is 13.8 Å². The van der Waals surface area contributed by atoms with Gasteiger partial charge in [0.15, 0.2) is 0 Å². The monoisotopic (exact) mass is 486 g/mol. The first-order valence-electron chi connectivity index (χ1n) is 12.7. The van der Waals surface area contributed by atoms with Gasteiger partial charge >= 0.3 is 11.9 Å². The van der Waals surface area contributed by atoms with Crippen LogP contribution in [0.15, 0.2) is 0 Å². The van der Waals surface area contributed by atoms with Crippen LogP contribution in [-0.4, -0.2) is 62.1 Å². The normalized spacial score (nSPS) is 12.5. The van der Waals surface area contributed by atoms with Crippen LogP contribution in [0.4, 0.5) is 0 Å². The zero-order valence-electron chi connectivity index (χ0n) is 21.1. The summed E-state index contributed by atoms with van der Waals surface area (Å²) in [5, 5.41) is 5.56. The molecule has 0 aromatic rings. The maximum absolute atomic E-state index is 12.0. The molecule has 0 saturated carbocycles. The minimum Gasteiger partial charge on any atom is -0.466 e. The van der Waals surface area contributed by atoms with Crippen LogP contribution in [-0.2, 0) is 28.7 Å². The van der Waals surface area contributed by atoms with Gasteiger partial charge in [-0.3, -0.25) is 19.2 Å². The van der Waals surface area contributed by atoms with E-state index in [4.69, 9.17) is 20.9 Å². The molecule has 0 aromatic carbocycles. The van der Waals surface area contributed by atoms with Crippen LogP contribution < -0.4 is 22.1 Å². The number of ether oxygens (including phenoxy) is 2. The number of amides is 2. The van der Waals surface area contributed by atoms with Crippen molar-refractivity contribution in [2.24, 2.45) is 11.5 Å². The number of nitrogens with two attached hydrogens (primary N) is 2. The molecule has 10 heteroatoms. The number of unbranched alkanes of at least 4 members (excludes halogenated alkanes) is 5. The molecule has 2 amide bonds. The zero-order valence-corrected chi connectivity index (χ0v) is 21.1. The highest BCUT2D eigenvalue weighted by molar-refractivity contribution is 5.82. The summed E-state index contributed by atoms with van der Waals surface area (Å²) in [5.41, 5.74) is 11.6. The highest BCUT2D eigenvalue weighted by atomic mass is 16.5. The first-order valence-corrected chi connectivity index (χ1v) is 12.7. The maximum Gasteiger partial charge on any atom is 0.305 e. The summed E-state index contributed by atoms with van der Waals surface area (Å²) in [4.78, 5) is 47.1. The lowest BCUT2D eigenvalue weighted by Gasteiger charge is -2.13. The Kier molecular flexibility index (Phi) is 20.0. The number of hydrogen-bond acceptors (Lipinski definition) is 8. The Balaban J connectivity index is 3.68. The molecule has 0 heterocycles. The van der Waals surface area contributed by atoms with Gasteiger partial charge < -0.3 is 31.6 Å². The number of esters is 2. The molecule has 0 bridgehead atoms. The molecule has 0 aliphatic carbocycles. The molecule has 34 heavy (non-hydrogen) atoms. The van der Waals surface area contributed by atoms with Crippen molar-refractivity contribution < 1.29 is 28.7 Å². The standard InChI is InChI=1S/C24H46N4O6/c1-3-5-17-33-21(29)13-11-19(25)23(31)27-15-9-7-8-10-16-28-24(32)20(26)12-14-22(30)34-18-6-4-2/h19-20H,3-18,25-26H2,1-2H3,(H,27,31)(H,28,32)/t19-,20-/m0/s1. The Morgan fingerprint density at radius 1 is 0.647 bits per heavy atom. The van der Waals surface area contributed by atoms with Crippen molar-refractivity contribution in [1.29, 1.82) is 0 Å². The van der Waals surface area contributed by atoms with Gasteiger partial charge in [-0.25, -0.2) is 0 Å². The number of rotatable bonds is 21. The number of hydrogen-bond donors (Lipinski definition) is 4. The van der Waals surface area contributed by atoms with Crippen molar-refractivity contribution in [2.45, 2.75) is 103 Å². The largest absolute Gasteiger partial charge is 0.466 e. The lowest BCUT2D eigenvalue weighted by molar-refractivity contribution is -0.145. The SMILES string of the molecule is CCCCOC(=O)CC[C@H](N)C(=O)NCCCCCCNC(=O)[C@@H](N)CCC(=O)OCCCC. The van der Waals surface area contributed by atoms with Crippen molar-refractivity contribution in [1.82, 2.24) is 10.6 Å². The molecule has 0 spiro atoms. The first-order chi connectivity index (χ1) is 16.3. The Bertz CT molecular complexity index is 538. The van der Waals surface area contributed by atoms with Gasteiger partial charge in [0.05, 0.1) is 25.3 Å². The van der Waals surface area contributed by atoms with Gasteiger partial charge in [-0.1, -0.05) is 39.5 Å². The predicted octanol–water partition coefficient (Wildman–Crippen LogP) is 1.68. The zero-order chi connectivity index (χ0) is 25.6. The molecule has 0 aromatic heterocycles. The summed E-state index contributed by atoms with van der Waals surface area (Å²) in [6.45, 7) is 5.87. The van der Waals surface area contributed by atoms with Gasteiger partial charge in [-0.15, -0.1) is 0 Å². The minimum atomic E-state index is -0.726. The molecular weight excluding hydrogens is 440 g/mol. The van der Waals surface area contributed by atoms with Crippen molar-refractivity contribution in [3.05, 3.63) is 0 Å². The summed E-state index contributed by atoms with van der Waals surface area (Å²) in [5.74, 6) is -1.18. The third-order valence-electron chi connectivity index (χ3n) is 5.22. The van der Waals surface area contributed by atoms with E-state index in [0.29, 0.717) is 26.3 Å². The molecule has 0 radical (unpaired) electrons. The summed E-state index contributed by atoms with van der Waals surface area (Å²) >= 11 is 0. The Hall–Kier alpha value is -2.20. The van der Waals surface area contributed by atoms with E-state index in [0.717, 1.165) is 51.4 Å². The third kappa shape index (κ3) is 18.3. The van der Waals surface area contributed by atoms with E-state index in [2.05, 4.69) is 10.6 Å². The van der Waals surface area contributed by atoms with Crippen molar-refractivity contribution in [2.75, 3.05) is 26.3 Å². The van der Waals surface area contributed by atoms with Gasteiger partial charge in [0.25, 0.3) is 0 Å². The summed E-state index contributed by atoms with van der Waals surface area (Å²) in [6, 6.07) is -1.45. The van der Waals surface area contributed by atoms with Crippen LogP contribution in [0.5, 0.6) is 0 Å². The summed E-state index contributed by atoms with van der Waals surface area (Å²) in [7, 11) is 0. The first kappa shape index (κ1) is 31.8. The van der Waals surface area contributed by atoms with Crippen LogP contribution in [0, 0.1) is 0 Å². The molecule has 198 valence electrons. The Morgan fingerprint density at radius 3 is 1.38 bits per heavy atom. The Labute approximate surface area is 204 Å². The van der Waals surface area contributed by atoms with Gasteiger partial charge in [0.2, 0.25) is 11.8 Å². The maximum atomic E-state index is 12.0. The van der Waals surface area contributed by atoms with Gasteiger partial charge in [0.1, 0.15) is 0 Å². The predicted molar refractivity (Wildman–Crippen MR) is 131 cm³/mol. The van der Waals surface area contributed by atoms with Crippen molar-refractivity contribution in [3.8, 4) is 0 Å². The number of nitrogens with one attached hydrogen (secondary N) is 2. The lowest BCUT2D eigenvalue weighted by Crippen LogP contribution is -2.41. The van der Waals surface area contributed by atoms with E-state index in [9.17, 15) is 19.2 Å². The fraction of sp³-hybridized carbons (Fsp3) is 0.833. The smallest absolute Gasteiger partial charge is 0.305 e. The quantitative estimate of drug-likeness (QED) is 0.141. The average molecular weight is 487 g/mol. The number of carbonyl (C=O) groups excluding carboxylic acids is 4. The van der Waals surface area contributed by atoms with E-state index in [1.165, 1.54) is 0 Å². The molecular formula is C24H46N4O6. The lowest BCUT2D eigenvalue weighted by atomic mass is 10.1. The molecule has 0 fully saturated rings. The topological polar surface area (TPSA) is 163 Å². The fourth-order valence-corrected chi connectivity index (χ4v) is 2.90. The van der Waals surface area contributed by atoms with Crippen LogP contribution in [0.25, 0.3) is 0 Å². The minimum absolute atomic E-state index is 0.136. The van der Waals surface area contributed by atoms with Crippen LogP contribution in [0.2, 0.25) is 0 Å². The van der Waals surface area contributed by atoms with Crippen LogP contribution in [0.1, 0.15) is 90.9 Å². The Morgan fingerprint density at radius 2 is 1.03 bits per heavy atom. The second-order valence-electron chi connectivity index (χ2n) is 8.43. The van der Waals surface area contributed by atoms with Crippen molar-refractivity contribution >= 4 is 23.8 Å². The molecule has 6 N–H and O–H groups in total. The molecule has 0 saturated heterocycles. The molecule has 0 unspecified atom stereocenters. The molecule has 10 nitrogen and oxygen atoms in total. The van der Waals surface area contributed by atoms with Crippen molar-refractivity contribution in [3.63, 3.8) is 0 Å². The summed E-state index contributed by atoms with van der Waals surface area (Å²) < 4.78 is 10.1. The van der Waals surface area contributed by atoms with E-state index in [1.54, 1.807) is 0 Å². The van der Waals surface area contributed by atoms with E-state index < -0.39 is 12.1 Å². The highest BCUT2D eigenvalue weighted by Crippen LogP contribution is 2.02. The summed E-state index contributed by atoms with van der Waals surface area (Å²) in [6.07, 6.45) is 7.74. The van der Waals surface area contributed by atoms with Gasteiger partial charge in [-0.05, 0) is 38.5 Å². The van der Waals surface area contributed by atoms with E-state index in [-0.39, 0.29) is 49.4 Å². The molecule has 2 atom stereocenters. The highest BCUT2D eigenvalue weighted by Gasteiger charge is 2.16. The van der Waals surface area contributed by atoms with E-state index >= 15 is 0 Å². The second-order valence-corrected chi connectivity index (χ2v) is 8.43. The van der Waals surface area contributed by atoms with Gasteiger partial charge in [-0.2, -0.15) is 0 Å². The average Bonchev–Trinajstić information content (AvgIpc) is 2.82. The fourth-order valence-electron chi connectivity index (χ4n) is 2.90. The molecule has 0 aliphatic rings. The van der Waals surface area contributed by atoms with Crippen LogP contribution in [0.3, 0.4) is 0 Å².